The molecule has 0 spiro atoms. The highest BCUT2D eigenvalue weighted by atomic mass is 16.5. The van der Waals surface area contributed by atoms with Gasteiger partial charge in [0.15, 0.2) is 0 Å². The second-order valence-electron chi connectivity index (χ2n) is 6.25. The predicted molar refractivity (Wildman–Crippen MR) is 83.3 cm³/mol. The van der Waals surface area contributed by atoms with Crippen LogP contribution in [0.2, 0.25) is 0 Å². The minimum absolute atomic E-state index is 0.535. The van der Waals surface area contributed by atoms with Crippen molar-refractivity contribution in [2.24, 2.45) is 5.92 Å². The average Bonchev–Trinajstić information content (AvgIpc) is 2.53. The molecular weight excluding hydrogens is 246 g/mol. The van der Waals surface area contributed by atoms with E-state index in [1.165, 1.54) is 49.7 Å². The fourth-order valence-corrected chi connectivity index (χ4v) is 3.82. The van der Waals surface area contributed by atoms with Crippen LogP contribution in [0.3, 0.4) is 0 Å². The van der Waals surface area contributed by atoms with Gasteiger partial charge in [0, 0.05) is 6.04 Å². The third-order valence-electron chi connectivity index (χ3n) is 4.84. The molecule has 1 heterocycles. The fourth-order valence-electron chi connectivity index (χ4n) is 3.82. The number of ether oxygens (including phenoxy) is 1. The van der Waals surface area contributed by atoms with Crippen molar-refractivity contribution in [3.8, 4) is 5.75 Å². The molecule has 1 fully saturated rings. The summed E-state index contributed by atoms with van der Waals surface area (Å²) < 4.78 is 5.74. The Morgan fingerprint density at radius 1 is 1.20 bits per heavy atom. The summed E-state index contributed by atoms with van der Waals surface area (Å²) in [5.41, 5.74) is 2.88. The van der Waals surface area contributed by atoms with Crippen LogP contribution in [-0.2, 0) is 6.42 Å². The fraction of sp³-hybridized carbons (Fsp3) is 0.667. The minimum atomic E-state index is 0.535. The normalized spacial score (nSPS) is 21.1. The SMILES string of the molecule is CCNC(c1ccc2c(c1)CCCO2)C1CCCCC1. The zero-order chi connectivity index (χ0) is 13.8. The lowest BCUT2D eigenvalue weighted by Gasteiger charge is -2.32. The number of fused-ring (bicyclic) bond motifs is 1. The van der Waals surface area contributed by atoms with Crippen LogP contribution in [0.5, 0.6) is 5.75 Å². The third-order valence-corrected chi connectivity index (χ3v) is 4.84. The van der Waals surface area contributed by atoms with Crippen LogP contribution < -0.4 is 10.1 Å². The van der Waals surface area contributed by atoms with Gasteiger partial charge in [0.05, 0.1) is 6.61 Å². The van der Waals surface area contributed by atoms with Crippen molar-refractivity contribution in [3.63, 3.8) is 0 Å². The first kappa shape index (κ1) is 13.9. The number of rotatable bonds is 4. The van der Waals surface area contributed by atoms with E-state index in [2.05, 4.69) is 30.4 Å². The molecule has 0 radical (unpaired) electrons. The van der Waals surface area contributed by atoms with E-state index in [9.17, 15) is 0 Å². The van der Waals surface area contributed by atoms with Crippen LogP contribution in [0.15, 0.2) is 18.2 Å². The highest BCUT2D eigenvalue weighted by molar-refractivity contribution is 5.39. The molecule has 1 unspecified atom stereocenters. The Morgan fingerprint density at radius 3 is 2.85 bits per heavy atom. The van der Waals surface area contributed by atoms with Crippen LogP contribution in [-0.4, -0.2) is 13.2 Å². The highest BCUT2D eigenvalue weighted by Gasteiger charge is 2.25. The van der Waals surface area contributed by atoms with Crippen LogP contribution in [0.1, 0.15) is 62.6 Å². The summed E-state index contributed by atoms with van der Waals surface area (Å²) in [4.78, 5) is 0. The van der Waals surface area contributed by atoms with Crippen LogP contribution in [0.25, 0.3) is 0 Å². The molecular formula is C18H27NO. The topological polar surface area (TPSA) is 21.3 Å². The van der Waals surface area contributed by atoms with E-state index in [4.69, 9.17) is 4.74 Å². The monoisotopic (exact) mass is 273 g/mol. The molecule has 0 amide bonds. The average molecular weight is 273 g/mol. The molecule has 1 N–H and O–H groups in total. The molecule has 2 nitrogen and oxygen atoms in total. The van der Waals surface area contributed by atoms with E-state index >= 15 is 0 Å². The first-order valence-electron chi connectivity index (χ1n) is 8.37. The summed E-state index contributed by atoms with van der Waals surface area (Å²) in [6, 6.07) is 7.41. The molecule has 1 aliphatic heterocycles. The van der Waals surface area contributed by atoms with E-state index in [0.717, 1.165) is 31.2 Å². The molecule has 2 aliphatic rings. The summed E-state index contributed by atoms with van der Waals surface area (Å²) in [6.45, 7) is 4.15. The summed E-state index contributed by atoms with van der Waals surface area (Å²) in [5.74, 6) is 1.92. The van der Waals surface area contributed by atoms with E-state index in [1.807, 2.05) is 0 Å². The molecule has 1 aliphatic carbocycles. The largest absolute Gasteiger partial charge is 0.493 e. The number of benzene rings is 1. The van der Waals surface area contributed by atoms with Gasteiger partial charge in [0.25, 0.3) is 0 Å². The van der Waals surface area contributed by atoms with Gasteiger partial charge in [-0.2, -0.15) is 0 Å². The van der Waals surface area contributed by atoms with Gasteiger partial charge in [-0.25, -0.2) is 0 Å². The second kappa shape index (κ2) is 6.62. The highest BCUT2D eigenvalue weighted by Crippen LogP contribution is 2.36. The molecule has 2 heteroatoms. The van der Waals surface area contributed by atoms with Gasteiger partial charge >= 0.3 is 0 Å². The Morgan fingerprint density at radius 2 is 2.05 bits per heavy atom. The van der Waals surface area contributed by atoms with Gasteiger partial charge in [-0.3, -0.25) is 0 Å². The standard InChI is InChI=1S/C18H27NO/c1-2-19-18(14-7-4-3-5-8-14)16-10-11-17-15(13-16)9-6-12-20-17/h10-11,13-14,18-19H,2-9,12H2,1H3. The zero-order valence-electron chi connectivity index (χ0n) is 12.7. The lowest BCUT2D eigenvalue weighted by atomic mass is 9.80. The lowest BCUT2D eigenvalue weighted by molar-refractivity contribution is 0.271. The van der Waals surface area contributed by atoms with E-state index in [1.54, 1.807) is 0 Å². The lowest BCUT2D eigenvalue weighted by Crippen LogP contribution is -2.29. The first-order valence-corrected chi connectivity index (χ1v) is 8.37. The predicted octanol–water partition coefficient (Wildman–Crippen LogP) is 4.24. The van der Waals surface area contributed by atoms with Crippen molar-refractivity contribution < 1.29 is 4.74 Å². The molecule has 20 heavy (non-hydrogen) atoms. The van der Waals surface area contributed by atoms with Crippen LogP contribution >= 0.6 is 0 Å². The quantitative estimate of drug-likeness (QED) is 0.886. The Hall–Kier alpha value is -1.02. The van der Waals surface area contributed by atoms with Crippen LogP contribution in [0.4, 0.5) is 0 Å². The molecule has 0 aromatic heterocycles. The Labute approximate surface area is 122 Å². The van der Waals surface area contributed by atoms with E-state index < -0.39 is 0 Å². The summed E-state index contributed by atoms with van der Waals surface area (Å²) in [6.07, 6.45) is 9.32. The maximum absolute atomic E-state index is 5.74. The summed E-state index contributed by atoms with van der Waals surface area (Å²) >= 11 is 0. The third kappa shape index (κ3) is 3.01. The Balaban J connectivity index is 1.82. The van der Waals surface area contributed by atoms with Crippen molar-refractivity contribution >= 4 is 0 Å². The number of nitrogens with one attached hydrogen (secondary N) is 1. The van der Waals surface area contributed by atoms with Crippen molar-refractivity contribution in [2.75, 3.05) is 13.2 Å². The first-order chi connectivity index (χ1) is 9.88. The molecule has 3 rings (SSSR count). The second-order valence-corrected chi connectivity index (χ2v) is 6.25. The minimum Gasteiger partial charge on any atom is -0.493 e. The van der Waals surface area contributed by atoms with E-state index in [0.29, 0.717) is 6.04 Å². The van der Waals surface area contributed by atoms with Gasteiger partial charge < -0.3 is 10.1 Å². The van der Waals surface area contributed by atoms with Crippen molar-refractivity contribution in [3.05, 3.63) is 29.3 Å². The van der Waals surface area contributed by atoms with Gasteiger partial charge in [-0.1, -0.05) is 38.3 Å². The van der Waals surface area contributed by atoms with Gasteiger partial charge in [0.2, 0.25) is 0 Å². The Bertz CT molecular complexity index is 437. The summed E-state index contributed by atoms with van der Waals surface area (Å²) in [7, 11) is 0. The number of hydrogen-bond acceptors (Lipinski definition) is 2. The molecule has 1 aromatic rings. The van der Waals surface area contributed by atoms with Crippen molar-refractivity contribution in [2.45, 2.75) is 57.9 Å². The molecule has 1 saturated carbocycles. The zero-order valence-corrected chi connectivity index (χ0v) is 12.7. The number of aryl methyl sites for hydroxylation is 1. The van der Waals surface area contributed by atoms with Crippen molar-refractivity contribution in [1.29, 1.82) is 0 Å². The molecule has 0 saturated heterocycles. The van der Waals surface area contributed by atoms with Crippen LogP contribution in [0, 0.1) is 5.92 Å². The number of hydrogen-bond donors (Lipinski definition) is 1. The smallest absolute Gasteiger partial charge is 0.122 e. The maximum Gasteiger partial charge on any atom is 0.122 e. The summed E-state index contributed by atoms with van der Waals surface area (Å²) in [5, 5.41) is 3.73. The van der Waals surface area contributed by atoms with Gasteiger partial charge in [-0.15, -0.1) is 0 Å². The van der Waals surface area contributed by atoms with Gasteiger partial charge in [0.1, 0.15) is 5.75 Å². The molecule has 0 bridgehead atoms. The van der Waals surface area contributed by atoms with Crippen molar-refractivity contribution in [1.82, 2.24) is 5.32 Å². The Kier molecular flexibility index (Phi) is 4.62. The van der Waals surface area contributed by atoms with Gasteiger partial charge in [-0.05, 0) is 55.3 Å². The molecule has 110 valence electrons. The van der Waals surface area contributed by atoms with E-state index in [-0.39, 0.29) is 0 Å². The maximum atomic E-state index is 5.74. The molecule has 1 aromatic carbocycles. The molecule has 1 atom stereocenters.